The van der Waals surface area contributed by atoms with E-state index in [1.54, 1.807) is 6.20 Å². The van der Waals surface area contributed by atoms with E-state index in [0.717, 1.165) is 6.42 Å². The molecule has 5 heteroatoms. The van der Waals surface area contributed by atoms with Gasteiger partial charge in [-0.2, -0.15) is 0 Å². The van der Waals surface area contributed by atoms with Crippen LogP contribution in [0.15, 0.2) is 12.3 Å². The quantitative estimate of drug-likeness (QED) is 0.757. The predicted molar refractivity (Wildman–Crippen MR) is 72.1 cm³/mol. The van der Waals surface area contributed by atoms with Gasteiger partial charge in [-0.25, -0.2) is 4.98 Å². The summed E-state index contributed by atoms with van der Waals surface area (Å²) < 4.78 is 0. The van der Waals surface area contributed by atoms with Gasteiger partial charge < -0.3 is 16.8 Å². The Morgan fingerprint density at radius 3 is 2.72 bits per heavy atom. The number of anilines is 2. The van der Waals surface area contributed by atoms with Gasteiger partial charge in [0.15, 0.2) is 0 Å². The standard InChI is InChI=1S/C13H20N4O/c1-7-3-4-10(8(7)2)17-11-6-16-12(14)5-9(11)13(15)18/h5-8,10,17H,3-4H2,1-2H3,(H2,14,16)(H2,15,18). The van der Waals surface area contributed by atoms with Crippen LogP contribution in [0.25, 0.3) is 0 Å². The van der Waals surface area contributed by atoms with Gasteiger partial charge in [0.25, 0.3) is 5.91 Å². The zero-order valence-electron chi connectivity index (χ0n) is 10.8. The lowest BCUT2D eigenvalue weighted by Crippen LogP contribution is -2.26. The molecule has 18 heavy (non-hydrogen) atoms. The fraction of sp³-hybridized carbons (Fsp3) is 0.538. The van der Waals surface area contributed by atoms with Crippen LogP contribution in [0.1, 0.15) is 37.0 Å². The van der Waals surface area contributed by atoms with Crippen molar-refractivity contribution in [2.45, 2.75) is 32.7 Å². The van der Waals surface area contributed by atoms with Gasteiger partial charge in [0, 0.05) is 6.04 Å². The maximum absolute atomic E-state index is 11.4. The highest BCUT2D eigenvalue weighted by Gasteiger charge is 2.30. The molecular formula is C13H20N4O. The minimum absolute atomic E-state index is 0.308. The van der Waals surface area contributed by atoms with Crippen LogP contribution in [0.5, 0.6) is 0 Å². The van der Waals surface area contributed by atoms with Crippen molar-refractivity contribution in [2.24, 2.45) is 17.6 Å². The molecule has 0 aromatic carbocycles. The minimum atomic E-state index is -0.481. The number of carbonyl (C=O) groups excluding carboxylic acids is 1. The van der Waals surface area contributed by atoms with E-state index < -0.39 is 5.91 Å². The molecule has 3 atom stereocenters. The molecule has 1 fully saturated rings. The fourth-order valence-electron chi connectivity index (χ4n) is 2.56. The van der Waals surface area contributed by atoms with Gasteiger partial charge in [0.05, 0.1) is 17.4 Å². The normalized spacial score (nSPS) is 27.1. The third kappa shape index (κ3) is 2.39. The van der Waals surface area contributed by atoms with E-state index in [1.807, 2.05) is 0 Å². The summed E-state index contributed by atoms with van der Waals surface area (Å²) in [5.41, 5.74) is 12.0. The van der Waals surface area contributed by atoms with Crippen molar-refractivity contribution in [2.75, 3.05) is 11.1 Å². The average molecular weight is 248 g/mol. The highest BCUT2D eigenvalue weighted by atomic mass is 16.1. The molecule has 1 aromatic rings. The summed E-state index contributed by atoms with van der Waals surface area (Å²) in [6.07, 6.45) is 3.89. The second kappa shape index (κ2) is 4.84. The van der Waals surface area contributed by atoms with Crippen molar-refractivity contribution in [1.29, 1.82) is 0 Å². The molecule has 3 unspecified atom stereocenters. The zero-order valence-corrected chi connectivity index (χ0v) is 10.8. The Kier molecular flexibility index (Phi) is 3.41. The van der Waals surface area contributed by atoms with E-state index in [9.17, 15) is 4.79 Å². The van der Waals surface area contributed by atoms with Crippen LogP contribution in [-0.4, -0.2) is 16.9 Å². The molecule has 5 nitrogen and oxygen atoms in total. The number of hydrogen-bond acceptors (Lipinski definition) is 4. The Morgan fingerprint density at radius 1 is 1.44 bits per heavy atom. The lowest BCUT2D eigenvalue weighted by molar-refractivity contribution is 0.100. The molecule has 0 radical (unpaired) electrons. The van der Waals surface area contributed by atoms with Crippen LogP contribution in [-0.2, 0) is 0 Å². The number of nitrogens with two attached hydrogens (primary N) is 2. The first kappa shape index (κ1) is 12.7. The zero-order chi connectivity index (χ0) is 13.3. The summed E-state index contributed by atoms with van der Waals surface area (Å²) in [4.78, 5) is 15.4. The number of nitrogens with one attached hydrogen (secondary N) is 1. The van der Waals surface area contributed by atoms with Crippen molar-refractivity contribution >= 4 is 17.4 Å². The van der Waals surface area contributed by atoms with E-state index in [-0.39, 0.29) is 0 Å². The molecule has 0 spiro atoms. The third-order valence-electron chi connectivity index (χ3n) is 4.00. The molecule has 0 bridgehead atoms. The van der Waals surface area contributed by atoms with E-state index in [0.29, 0.717) is 34.9 Å². The van der Waals surface area contributed by atoms with Gasteiger partial charge in [-0.1, -0.05) is 13.8 Å². The first-order chi connectivity index (χ1) is 8.49. The minimum Gasteiger partial charge on any atom is -0.384 e. The Balaban J connectivity index is 2.21. The van der Waals surface area contributed by atoms with Gasteiger partial charge in [0.1, 0.15) is 5.82 Å². The molecule has 1 saturated carbocycles. The van der Waals surface area contributed by atoms with E-state index in [1.165, 1.54) is 12.5 Å². The average Bonchev–Trinajstić information content (AvgIpc) is 2.63. The van der Waals surface area contributed by atoms with Crippen LogP contribution in [0, 0.1) is 11.8 Å². The SMILES string of the molecule is CC1CCC(Nc2cnc(N)cc2C(N)=O)C1C. The number of amides is 1. The van der Waals surface area contributed by atoms with Gasteiger partial charge in [-0.15, -0.1) is 0 Å². The van der Waals surface area contributed by atoms with Crippen molar-refractivity contribution in [3.8, 4) is 0 Å². The van der Waals surface area contributed by atoms with Crippen LogP contribution >= 0.6 is 0 Å². The monoisotopic (exact) mass is 248 g/mol. The summed E-state index contributed by atoms with van der Waals surface area (Å²) >= 11 is 0. The molecule has 98 valence electrons. The second-order valence-corrected chi connectivity index (χ2v) is 5.18. The van der Waals surface area contributed by atoms with E-state index in [2.05, 4.69) is 24.1 Å². The van der Waals surface area contributed by atoms with Crippen LogP contribution in [0.4, 0.5) is 11.5 Å². The summed E-state index contributed by atoms with van der Waals surface area (Å²) in [7, 11) is 0. The van der Waals surface area contributed by atoms with Gasteiger partial charge in [-0.05, 0) is 30.7 Å². The fourth-order valence-corrected chi connectivity index (χ4v) is 2.56. The Hall–Kier alpha value is -1.78. The highest BCUT2D eigenvalue weighted by molar-refractivity contribution is 5.99. The topological polar surface area (TPSA) is 94.0 Å². The van der Waals surface area contributed by atoms with Gasteiger partial charge in [-0.3, -0.25) is 4.79 Å². The predicted octanol–water partition coefficient (Wildman–Crippen LogP) is 1.61. The Morgan fingerprint density at radius 2 is 2.17 bits per heavy atom. The molecule has 1 aromatic heterocycles. The summed E-state index contributed by atoms with van der Waals surface area (Å²) in [6, 6.07) is 1.89. The summed E-state index contributed by atoms with van der Waals surface area (Å²) in [6.45, 7) is 4.48. The first-order valence-corrected chi connectivity index (χ1v) is 6.31. The Bertz CT molecular complexity index is 460. The lowest BCUT2D eigenvalue weighted by atomic mass is 9.97. The molecular weight excluding hydrogens is 228 g/mol. The van der Waals surface area contributed by atoms with E-state index >= 15 is 0 Å². The van der Waals surface area contributed by atoms with Crippen molar-refractivity contribution in [3.05, 3.63) is 17.8 Å². The number of carbonyl (C=O) groups is 1. The number of hydrogen-bond donors (Lipinski definition) is 3. The second-order valence-electron chi connectivity index (χ2n) is 5.18. The molecule has 5 N–H and O–H groups in total. The van der Waals surface area contributed by atoms with Crippen molar-refractivity contribution < 1.29 is 4.79 Å². The first-order valence-electron chi connectivity index (χ1n) is 6.31. The van der Waals surface area contributed by atoms with Crippen LogP contribution in [0.3, 0.4) is 0 Å². The van der Waals surface area contributed by atoms with Crippen LogP contribution < -0.4 is 16.8 Å². The number of nitrogens with zero attached hydrogens (tertiary/aromatic N) is 1. The number of pyridine rings is 1. The molecule has 1 amide bonds. The van der Waals surface area contributed by atoms with Crippen LogP contribution in [0.2, 0.25) is 0 Å². The molecule has 1 heterocycles. The maximum atomic E-state index is 11.4. The van der Waals surface area contributed by atoms with Gasteiger partial charge >= 0.3 is 0 Å². The summed E-state index contributed by atoms with van der Waals surface area (Å²) in [5, 5.41) is 3.38. The largest absolute Gasteiger partial charge is 0.384 e. The molecule has 1 aliphatic carbocycles. The molecule has 0 aliphatic heterocycles. The molecule has 1 aliphatic rings. The smallest absolute Gasteiger partial charge is 0.250 e. The molecule has 2 rings (SSSR count). The number of rotatable bonds is 3. The van der Waals surface area contributed by atoms with Gasteiger partial charge in [0.2, 0.25) is 0 Å². The van der Waals surface area contributed by atoms with E-state index in [4.69, 9.17) is 11.5 Å². The number of aromatic nitrogens is 1. The highest BCUT2D eigenvalue weighted by Crippen LogP contribution is 2.33. The van der Waals surface area contributed by atoms with Crippen molar-refractivity contribution in [1.82, 2.24) is 4.98 Å². The molecule has 0 saturated heterocycles. The Labute approximate surface area is 107 Å². The summed E-state index contributed by atoms with van der Waals surface area (Å²) in [5.74, 6) is 1.09. The number of nitrogen functional groups attached to an aromatic ring is 1. The number of primary amides is 1. The third-order valence-corrected chi connectivity index (χ3v) is 4.00. The lowest BCUT2D eigenvalue weighted by Gasteiger charge is -2.21. The maximum Gasteiger partial charge on any atom is 0.250 e. The van der Waals surface area contributed by atoms with Crippen molar-refractivity contribution in [3.63, 3.8) is 0 Å².